The molecule has 0 spiro atoms. The van der Waals surface area contributed by atoms with Crippen LogP contribution in [-0.2, 0) is 6.54 Å². The largest absolute Gasteiger partial charge is 0.314 e. The molecule has 0 bridgehead atoms. The van der Waals surface area contributed by atoms with E-state index in [9.17, 15) is 4.39 Å². The second-order valence-corrected chi connectivity index (χ2v) is 6.45. The van der Waals surface area contributed by atoms with Crippen molar-refractivity contribution in [1.82, 2.24) is 10.2 Å². The summed E-state index contributed by atoms with van der Waals surface area (Å²) in [4.78, 5) is 2.40. The van der Waals surface area contributed by atoms with Crippen LogP contribution in [0.5, 0.6) is 0 Å². The average Bonchev–Trinajstić information content (AvgIpc) is 2.49. The molecule has 0 aliphatic heterocycles. The van der Waals surface area contributed by atoms with E-state index >= 15 is 0 Å². The highest BCUT2D eigenvalue weighted by atomic mass is 19.1. The number of hydrogen-bond acceptors (Lipinski definition) is 2. The van der Waals surface area contributed by atoms with E-state index in [1.807, 2.05) is 6.07 Å². The topological polar surface area (TPSA) is 15.3 Å². The summed E-state index contributed by atoms with van der Waals surface area (Å²) in [7, 11) is 2.18. The van der Waals surface area contributed by atoms with Gasteiger partial charge in [0.2, 0.25) is 0 Å². The summed E-state index contributed by atoms with van der Waals surface area (Å²) in [6, 6.07) is 6.44. The molecule has 1 N–H and O–H groups in total. The van der Waals surface area contributed by atoms with Crippen molar-refractivity contribution in [2.45, 2.75) is 64.6 Å². The Kier molecular flexibility index (Phi) is 6.19. The minimum Gasteiger partial charge on any atom is -0.314 e. The Morgan fingerprint density at radius 2 is 1.95 bits per heavy atom. The molecule has 0 radical (unpaired) electrons. The van der Waals surface area contributed by atoms with E-state index in [1.165, 1.54) is 37.7 Å². The van der Waals surface area contributed by atoms with Crippen LogP contribution in [0.25, 0.3) is 0 Å². The van der Waals surface area contributed by atoms with E-state index in [1.54, 1.807) is 12.1 Å². The first kappa shape index (κ1) is 16.4. The van der Waals surface area contributed by atoms with Crippen molar-refractivity contribution in [3.63, 3.8) is 0 Å². The second-order valence-electron chi connectivity index (χ2n) is 6.45. The third-order valence-electron chi connectivity index (χ3n) is 4.73. The molecule has 1 fully saturated rings. The molecule has 0 heterocycles. The number of aryl methyl sites for hydroxylation is 1. The van der Waals surface area contributed by atoms with Crippen LogP contribution in [0.15, 0.2) is 18.2 Å². The minimum absolute atomic E-state index is 0.128. The van der Waals surface area contributed by atoms with Crippen molar-refractivity contribution in [3.8, 4) is 0 Å². The third-order valence-corrected chi connectivity index (χ3v) is 4.73. The standard InChI is InChI=1S/C18H29FN2/c1-4-11-20-17-7-9-18(10-8-17)21(3)13-15-12-16(19)6-5-14(15)2/h5-6,12,17-18,20H,4,7-11,13H2,1-3H3. The molecule has 0 saturated heterocycles. The smallest absolute Gasteiger partial charge is 0.123 e. The molecule has 21 heavy (non-hydrogen) atoms. The van der Waals surface area contributed by atoms with Gasteiger partial charge in [0.25, 0.3) is 0 Å². The lowest BCUT2D eigenvalue weighted by Crippen LogP contribution is -2.40. The summed E-state index contributed by atoms with van der Waals surface area (Å²) in [6.45, 7) is 6.26. The summed E-state index contributed by atoms with van der Waals surface area (Å²) in [5.74, 6) is -0.128. The van der Waals surface area contributed by atoms with Crippen LogP contribution in [-0.4, -0.2) is 30.6 Å². The van der Waals surface area contributed by atoms with Crippen molar-refractivity contribution >= 4 is 0 Å². The molecule has 118 valence electrons. The van der Waals surface area contributed by atoms with Gasteiger partial charge in [-0.3, -0.25) is 4.90 Å². The summed E-state index contributed by atoms with van der Waals surface area (Å²) in [5.41, 5.74) is 2.30. The molecule has 0 unspecified atom stereocenters. The number of halogens is 1. The Labute approximate surface area is 128 Å². The molecule has 0 atom stereocenters. The number of hydrogen-bond donors (Lipinski definition) is 1. The Balaban J connectivity index is 1.84. The first-order chi connectivity index (χ1) is 10.1. The highest BCUT2D eigenvalue weighted by Crippen LogP contribution is 2.24. The molecular weight excluding hydrogens is 263 g/mol. The van der Waals surface area contributed by atoms with Gasteiger partial charge in [0, 0.05) is 18.6 Å². The Hall–Kier alpha value is -0.930. The second kappa shape index (κ2) is 7.90. The van der Waals surface area contributed by atoms with Gasteiger partial charge in [0.1, 0.15) is 5.82 Å². The van der Waals surface area contributed by atoms with Gasteiger partial charge in [0.05, 0.1) is 0 Å². The van der Waals surface area contributed by atoms with E-state index in [0.717, 1.165) is 18.7 Å². The zero-order valence-corrected chi connectivity index (χ0v) is 13.7. The maximum absolute atomic E-state index is 13.4. The fourth-order valence-electron chi connectivity index (χ4n) is 3.28. The van der Waals surface area contributed by atoms with Gasteiger partial charge in [-0.15, -0.1) is 0 Å². The fraction of sp³-hybridized carbons (Fsp3) is 0.667. The fourth-order valence-corrected chi connectivity index (χ4v) is 3.28. The molecule has 0 amide bonds. The zero-order chi connectivity index (χ0) is 15.2. The van der Waals surface area contributed by atoms with E-state index in [0.29, 0.717) is 12.1 Å². The van der Waals surface area contributed by atoms with Gasteiger partial charge in [-0.1, -0.05) is 13.0 Å². The predicted molar refractivity (Wildman–Crippen MR) is 86.9 cm³/mol. The van der Waals surface area contributed by atoms with Gasteiger partial charge >= 0.3 is 0 Å². The monoisotopic (exact) mass is 292 g/mol. The maximum Gasteiger partial charge on any atom is 0.123 e. The SMILES string of the molecule is CCCNC1CCC(N(C)Cc2cc(F)ccc2C)CC1. The van der Waals surface area contributed by atoms with E-state index in [-0.39, 0.29) is 5.82 Å². The van der Waals surface area contributed by atoms with Crippen molar-refractivity contribution < 1.29 is 4.39 Å². The lowest BCUT2D eigenvalue weighted by Gasteiger charge is -2.35. The van der Waals surface area contributed by atoms with Crippen LogP contribution in [0.4, 0.5) is 4.39 Å². The van der Waals surface area contributed by atoms with Gasteiger partial charge in [-0.25, -0.2) is 4.39 Å². The van der Waals surface area contributed by atoms with Crippen molar-refractivity contribution in [1.29, 1.82) is 0 Å². The van der Waals surface area contributed by atoms with Crippen molar-refractivity contribution in [3.05, 3.63) is 35.1 Å². The van der Waals surface area contributed by atoms with Crippen molar-refractivity contribution in [2.75, 3.05) is 13.6 Å². The van der Waals surface area contributed by atoms with Gasteiger partial charge in [-0.2, -0.15) is 0 Å². The number of rotatable bonds is 6. The summed E-state index contributed by atoms with van der Waals surface area (Å²) in [6.07, 6.45) is 6.21. The molecule has 1 saturated carbocycles. The van der Waals surface area contributed by atoms with E-state index in [4.69, 9.17) is 0 Å². The van der Waals surface area contributed by atoms with Gasteiger partial charge in [-0.05, 0) is 75.9 Å². The highest BCUT2D eigenvalue weighted by molar-refractivity contribution is 5.26. The number of benzene rings is 1. The quantitative estimate of drug-likeness (QED) is 0.856. The average molecular weight is 292 g/mol. The van der Waals surface area contributed by atoms with E-state index < -0.39 is 0 Å². The van der Waals surface area contributed by atoms with Crippen LogP contribution in [0, 0.1) is 12.7 Å². The third kappa shape index (κ3) is 4.79. The summed E-state index contributed by atoms with van der Waals surface area (Å²) >= 11 is 0. The summed E-state index contributed by atoms with van der Waals surface area (Å²) in [5, 5.41) is 3.63. The lowest BCUT2D eigenvalue weighted by atomic mass is 9.90. The predicted octanol–water partition coefficient (Wildman–Crippen LogP) is 3.88. The molecule has 1 aromatic carbocycles. The Morgan fingerprint density at radius 1 is 1.24 bits per heavy atom. The lowest BCUT2D eigenvalue weighted by molar-refractivity contribution is 0.167. The molecule has 3 heteroatoms. The Bertz CT molecular complexity index is 439. The molecule has 2 nitrogen and oxygen atoms in total. The van der Waals surface area contributed by atoms with Gasteiger partial charge < -0.3 is 5.32 Å². The maximum atomic E-state index is 13.4. The summed E-state index contributed by atoms with van der Waals surface area (Å²) < 4.78 is 13.4. The normalized spacial score (nSPS) is 22.7. The highest BCUT2D eigenvalue weighted by Gasteiger charge is 2.23. The van der Waals surface area contributed by atoms with Crippen LogP contribution in [0.1, 0.15) is 50.2 Å². The molecule has 2 rings (SSSR count). The molecule has 0 aromatic heterocycles. The molecule has 1 aliphatic carbocycles. The minimum atomic E-state index is -0.128. The first-order valence-corrected chi connectivity index (χ1v) is 8.28. The molecular formula is C18H29FN2. The zero-order valence-electron chi connectivity index (χ0n) is 13.7. The Morgan fingerprint density at radius 3 is 2.62 bits per heavy atom. The molecule has 1 aromatic rings. The first-order valence-electron chi connectivity index (χ1n) is 8.28. The van der Waals surface area contributed by atoms with Crippen LogP contribution in [0.3, 0.4) is 0 Å². The van der Waals surface area contributed by atoms with Crippen LogP contribution >= 0.6 is 0 Å². The number of nitrogens with zero attached hydrogens (tertiary/aromatic N) is 1. The van der Waals surface area contributed by atoms with Crippen LogP contribution in [0.2, 0.25) is 0 Å². The molecule has 1 aliphatic rings. The van der Waals surface area contributed by atoms with Gasteiger partial charge in [0.15, 0.2) is 0 Å². The van der Waals surface area contributed by atoms with Crippen molar-refractivity contribution in [2.24, 2.45) is 0 Å². The number of nitrogens with one attached hydrogen (secondary N) is 1. The van der Waals surface area contributed by atoms with Crippen LogP contribution < -0.4 is 5.32 Å². The van der Waals surface area contributed by atoms with E-state index in [2.05, 4.69) is 31.1 Å².